The van der Waals surface area contributed by atoms with Gasteiger partial charge in [0.05, 0.1) is 6.61 Å². The summed E-state index contributed by atoms with van der Waals surface area (Å²) >= 11 is 0. The molecule has 0 aliphatic heterocycles. The number of ether oxygens (including phenoxy) is 2. The van der Waals surface area contributed by atoms with Gasteiger partial charge in [0.2, 0.25) is 0 Å². The maximum Gasteiger partial charge on any atom is 0.260 e. The molecule has 1 rings (SSSR count). The minimum atomic E-state index is -0.550. The Hall–Kier alpha value is -1.75. The number of amides is 1. The predicted molar refractivity (Wildman–Crippen MR) is 83.8 cm³/mol. The van der Waals surface area contributed by atoms with Crippen LogP contribution in [0, 0.1) is 0 Å². The Morgan fingerprint density at radius 1 is 1.29 bits per heavy atom. The summed E-state index contributed by atoms with van der Waals surface area (Å²) in [7, 11) is 1.89. The molecule has 0 aliphatic rings. The number of carbonyl (C=O) groups excluding carboxylic acids is 1. The van der Waals surface area contributed by atoms with E-state index >= 15 is 0 Å². The highest BCUT2D eigenvalue weighted by atomic mass is 16.5. The number of nitrogens with one attached hydrogen (secondary N) is 2. The van der Waals surface area contributed by atoms with Crippen molar-refractivity contribution in [1.29, 1.82) is 0 Å². The van der Waals surface area contributed by atoms with Gasteiger partial charge in [-0.1, -0.05) is 13.0 Å². The van der Waals surface area contributed by atoms with Gasteiger partial charge >= 0.3 is 0 Å². The van der Waals surface area contributed by atoms with Gasteiger partial charge in [0.15, 0.2) is 17.6 Å². The first-order valence-corrected chi connectivity index (χ1v) is 7.47. The quantitative estimate of drug-likeness (QED) is 0.732. The minimum absolute atomic E-state index is 0.112. The number of hydrogen-bond donors (Lipinski definition) is 2. The SMILES string of the molecule is CCCNC(=O)C(C)Oc1ccc(CNC)cc1OCC. The van der Waals surface area contributed by atoms with Gasteiger partial charge in [-0.2, -0.15) is 0 Å². The molecule has 0 radical (unpaired) electrons. The van der Waals surface area contributed by atoms with E-state index in [1.807, 2.05) is 39.1 Å². The third-order valence-corrected chi connectivity index (χ3v) is 2.91. The van der Waals surface area contributed by atoms with Crippen molar-refractivity contribution >= 4 is 5.91 Å². The summed E-state index contributed by atoms with van der Waals surface area (Å²) in [6, 6.07) is 5.75. The fourth-order valence-corrected chi connectivity index (χ4v) is 1.87. The van der Waals surface area contributed by atoms with Crippen LogP contribution >= 0.6 is 0 Å². The molecule has 0 aromatic heterocycles. The summed E-state index contributed by atoms with van der Waals surface area (Å²) in [6.45, 7) is 7.64. The Kier molecular flexibility index (Phi) is 7.61. The Morgan fingerprint density at radius 2 is 2.05 bits per heavy atom. The summed E-state index contributed by atoms with van der Waals surface area (Å²) in [5.74, 6) is 1.15. The summed E-state index contributed by atoms with van der Waals surface area (Å²) < 4.78 is 11.3. The molecule has 0 saturated heterocycles. The fraction of sp³-hybridized carbons (Fsp3) is 0.562. The molecule has 5 nitrogen and oxygen atoms in total. The highest BCUT2D eigenvalue weighted by molar-refractivity contribution is 5.80. The number of rotatable bonds is 9. The van der Waals surface area contributed by atoms with Crippen LogP contribution in [-0.4, -0.2) is 32.2 Å². The van der Waals surface area contributed by atoms with E-state index in [4.69, 9.17) is 9.47 Å². The lowest BCUT2D eigenvalue weighted by molar-refractivity contribution is -0.127. The molecule has 1 amide bonds. The lowest BCUT2D eigenvalue weighted by Gasteiger charge is -2.18. The van der Waals surface area contributed by atoms with Gasteiger partial charge in [-0.15, -0.1) is 0 Å². The van der Waals surface area contributed by atoms with E-state index in [0.717, 1.165) is 18.5 Å². The van der Waals surface area contributed by atoms with Crippen LogP contribution in [0.2, 0.25) is 0 Å². The molecular formula is C16H26N2O3. The molecule has 0 heterocycles. The van der Waals surface area contributed by atoms with Crippen LogP contribution in [0.4, 0.5) is 0 Å². The number of carbonyl (C=O) groups is 1. The molecule has 21 heavy (non-hydrogen) atoms. The Morgan fingerprint density at radius 3 is 2.67 bits per heavy atom. The third-order valence-electron chi connectivity index (χ3n) is 2.91. The average molecular weight is 294 g/mol. The third kappa shape index (κ3) is 5.63. The van der Waals surface area contributed by atoms with Gasteiger partial charge in [-0.3, -0.25) is 4.79 Å². The second-order valence-electron chi connectivity index (χ2n) is 4.80. The summed E-state index contributed by atoms with van der Waals surface area (Å²) in [5, 5.41) is 5.92. The minimum Gasteiger partial charge on any atom is -0.490 e. The summed E-state index contributed by atoms with van der Waals surface area (Å²) in [6.07, 6.45) is 0.354. The Labute approximate surface area is 127 Å². The molecule has 2 N–H and O–H groups in total. The highest BCUT2D eigenvalue weighted by Gasteiger charge is 2.16. The van der Waals surface area contributed by atoms with Crippen LogP contribution in [0.25, 0.3) is 0 Å². The van der Waals surface area contributed by atoms with Crippen molar-refractivity contribution in [2.45, 2.75) is 39.8 Å². The summed E-state index contributed by atoms with van der Waals surface area (Å²) in [5.41, 5.74) is 1.11. The van der Waals surface area contributed by atoms with Crippen molar-refractivity contribution in [3.05, 3.63) is 23.8 Å². The van der Waals surface area contributed by atoms with E-state index in [1.54, 1.807) is 6.92 Å². The smallest absolute Gasteiger partial charge is 0.260 e. The van der Waals surface area contributed by atoms with Crippen molar-refractivity contribution in [2.75, 3.05) is 20.2 Å². The van der Waals surface area contributed by atoms with Crippen LogP contribution in [0.1, 0.15) is 32.8 Å². The standard InChI is InChI=1S/C16H26N2O3/c1-5-9-18-16(19)12(3)21-14-8-7-13(11-17-4)10-15(14)20-6-2/h7-8,10,12,17H,5-6,9,11H2,1-4H3,(H,18,19). The molecule has 1 aromatic carbocycles. The van der Waals surface area contributed by atoms with Crippen molar-refractivity contribution in [3.63, 3.8) is 0 Å². The first kappa shape index (κ1) is 17.3. The van der Waals surface area contributed by atoms with Gasteiger partial charge < -0.3 is 20.1 Å². The Bertz CT molecular complexity index is 449. The molecule has 5 heteroatoms. The maximum atomic E-state index is 11.9. The van der Waals surface area contributed by atoms with E-state index in [2.05, 4.69) is 10.6 Å². The largest absolute Gasteiger partial charge is 0.490 e. The maximum absolute atomic E-state index is 11.9. The molecule has 1 aromatic rings. The zero-order chi connectivity index (χ0) is 15.7. The fourth-order valence-electron chi connectivity index (χ4n) is 1.87. The molecular weight excluding hydrogens is 268 g/mol. The van der Waals surface area contributed by atoms with E-state index in [0.29, 0.717) is 24.7 Å². The monoisotopic (exact) mass is 294 g/mol. The first-order chi connectivity index (χ1) is 10.1. The van der Waals surface area contributed by atoms with E-state index < -0.39 is 6.10 Å². The number of hydrogen-bond acceptors (Lipinski definition) is 4. The van der Waals surface area contributed by atoms with Gasteiger partial charge in [-0.25, -0.2) is 0 Å². The van der Waals surface area contributed by atoms with Crippen LogP contribution in [0.3, 0.4) is 0 Å². The van der Waals surface area contributed by atoms with Crippen LogP contribution < -0.4 is 20.1 Å². The van der Waals surface area contributed by atoms with Crippen molar-refractivity contribution < 1.29 is 14.3 Å². The molecule has 0 spiro atoms. The van der Waals surface area contributed by atoms with Crippen LogP contribution in [-0.2, 0) is 11.3 Å². The lowest BCUT2D eigenvalue weighted by atomic mass is 10.2. The molecule has 0 fully saturated rings. The van der Waals surface area contributed by atoms with E-state index in [-0.39, 0.29) is 5.91 Å². The number of benzene rings is 1. The van der Waals surface area contributed by atoms with Crippen molar-refractivity contribution in [1.82, 2.24) is 10.6 Å². The van der Waals surface area contributed by atoms with Crippen molar-refractivity contribution in [3.8, 4) is 11.5 Å². The normalized spacial score (nSPS) is 11.8. The zero-order valence-corrected chi connectivity index (χ0v) is 13.4. The van der Waals surface area contributed by atoms with E-state index in [9.17, 15) is 4.79 Å². The second-order valence-corrected chi connectivity index (χ2v) is 4.80. The molecule has 0 bridgehead atoms. The highest BCUT2D eigenvalue weighted by Crippen LogP contribution is 2.29. The van der Waals surface area contributed by atoms with Crippen LogP contribution in [0.15, 0.2) is 18.2 Å². The van der Waals surface area contributed by atoms with Gasteiger partial charge in [0.1, 0.15) is 0 Å². The molecule has 118 valence electrons. The van der Waals surface area contributed by atoms with Gasteiger partial charge in [0, 0.05) is 13.1 Å². The van der Waals surface area contributed by atoms with E-state index in [1.165, 1.54) is 0 Å². The van der Waals surface area contributed by atoms with Crippen molar-refractivity contribution in [2.24, 2.45) is 0 Å². The zero-order valence-electron chi connectivity index (χ0n) is 13.4. The molecule has 1 unspecified atom stereocenters. The second kappa shape index (κ2) is 9.23. The molecule has 0 saturated carbocycles. The van der Waals surface area contributed by atoms with Gasteiger partial charge in [0.25, 0.3) is 5.91 Å². The molecule has 0 aliphatic carbocycles. The summed E-state index contributed by atoms with van der Waals surface area (Å²) in [4.78, 5) is 11.9. The molecule has 1 atom stereocenters. The lowest BCUT2D eigenvalue weighted by Crippen LogP contribution is -2.36. The first-order valence-electron chi connectivity index (χ1n) is 7.47. The Balaban J connectivity index is 2.78. The van der Waals surface area contributed by atoms with Crippen LogP contribution in [0.5, 0.6) is 11.5 Å². The topological polar surface area (TPSA) is 59.6 Å². The average Bonchev–Trinajstić information content (AvgIpc) is 2.47. The predicted octanol–water partition coefficient (Wildman–Crippen LogP) is 2.10. The van der Waals surface area contributed by atoms with Gasteiger partial charge in [-0.05, 0) is 45.0 Å².